The summed E-state index contributed by atoms with van der Waals surface area (Å²) in [7, 11) is 0. The van der Waals surface area contributed by atoms with E-state index in [4.69, 9.17) is 10.2 Å². The van der Waals surface area contributed by atoms with E-state index in [1.54, 1.807) is 20.1 Å². The number of carboxylic acid groups (broad SMARTS) is 1. The highest BCUT2D eigenvalue weighted by Gasteiger charge is 2.23. The number of carbonyl (C=O) groups is 2. The zero-order valence-corrected chi connectivity index (χ0v) is 11.6. The van der Waals surface area contributed by atoms with E-state index in [1.807, 2.05) is 0 Å². The van der Waals surface area contributed by atoms with Gasteiger partial charge in [0.2, 0.25) is 0 Å². The van der Waals surface area contributed by atoms with E-state index in [0.29, 0.717) is 16.5 Å². The summed E-state index contributed by atoms with van der Waals surface area (Å²) in [6, 6.07) is -1.34. The molecule has 19 heavy (non-hydrogen) atoms. The minimum Gasteiger partial charge on any atom is -0.480 e. The fraction of sp³-hybridized carbons (Fsp3) is 0.455. The SMILES string of the molecule is CSc1nc(C)nc(C)c1C(=O)NC(CO)C(=O)O. The van der Waals surface area contributed by atoms with Crippen LogP contribution in [0.15, 0.2) is 5.03 Å². The van der Waals surface area contributed by atoms with Gasteiger partial charge in [-0.05, 0) is 20.1 Å². The summed E-state index contributed by atoms with van der Waals surface area (Å²) in [4.78, 5) is 31.0. The number of carboxylic acids is 1. The second kappa shape index (κ2) is 6.48. The van der Waals surface area contributed by atoms with Gasteiger partial charge in [-0.25, -0.2) is 14.8 Å². The molecule has 0 saturated carbocycles. The number of nitrogens with zero attached hydrogens (tertiary/aromatic N) is 2. The smallest absolute Gasteiger partial charge is 0.328 e. The number of rotatable bonds is 5. The molecule has 0 aliphatic heterocycles. The number of aliphatic hydroxyl groups is 1. The number of aromatic nitrogens is 2. The van der Waals surface area contributed by atoms with Gasteiger partial charge < -0.3 is 15.5 Å². The Kier molecular flexibility index (Phi) is 5.25. The highest BCUT2D eigenvalue weighted by Crippen LogP contribution is 2.20. The molecule has 1 rings (SSSR count). The first-order valence-electron chi connectivity index (χ1n) is 5.44. The van der Waals surface area contributed by atoms with Gasteiger partial charge in [0.05, 0.1) is 17.9 Å². The molecule has 1 unspecified atom stereocenters. The third kappa shape index (κ3) is 3.65. The molecule has 0 radical (unpaired) electrons. The molecule has 1 aromatic rings. The number of amides is 1. The summed E-state index contributed by atoms with van der Waals surface area (Å²) in [5, 5.41) is 20.4. The van der Waals surface area contributed by atoms with Crippen molar-refractivity contribution in [2.75, 3.05) is 12.9 Å². The van der Waals surface area contributed by atoms with Gasteiger partial charge in [-0.2, -0.15) is 0 Å². The van der Waals surface area contributed by atoms with E-state index >= 15 is 0 Å². The number of aliphatic carboxylic acids is 1. The van der Waals surface area contributed by atoms with Crippen LogP contribution >= 0.6 is 11.8 Å². The maximum atomic E-state index is 12.1. The van der Waals surface area contributed by atoms with Crippen molar-refractivity contribution < 1.29 is 19.8 Å². The largest absolute Gasteiger partial charge is 0.480 e. The predicted octanol–water partition coefficient (Wildman–Crippen LogP) is -0.00936. The summed E-state index contributed by atoms with van der Waals surface area (Å²) in [6.07, 6.45) is 1.76. The van der Waals surface area contributed by atoms with E-state index < -0.39 is 24.5 Å². The van der Waals surface area contributed by atoms with Crippen molar-refractivity contribution in [1.82, 2.24) is 15.3 Å². The lowest BCUT2D eigenvalue weighted by molar-refractivity contribution is -0.140. The molecule has 104 valence electrons. The third-order valence-electron chi connectivity index (χ3n) is 2.37. The molecular weight excluding hydrogens is 270 g/mol. The molecule has 0 aromatic carbocycles. The summed E-state index contributed by atoms with van der Waals surface area (Å²) >= 11 is 1.27. The number of aliphatic hydroxyl groups excluding tert-OH is 1. The highest BCUT2D eigenvalue weighted by atomic mass is 32.2. The molecule has 1 aromatic heterocycles. The van der Waals surface area contributed by atoms with Gasteiger partial charge in [-0.3, -0.25) is 4.79 Å². The Morgan fingerprint density at radius 3 is 2.47 bits per heavy atom. The van der Waals surface area contributed by atoms with Gasteiger partial charge in [0.15, 0.2) is 6.04 Å². The van der Waals surface area contributed by atoms with Crippen LogP contribution in [0.2, 0.25) is 0 Å². The first-order valence-corrected chi connectivity index (χ1v) is 6.67. The van der Waals surface area contributed by atoms with Crippen LogP contribution in [0.1, 0.15) is 21.9 Å². The molecular formula is C11H15N3O4S. The van der Waals surface area contributed by atoms with Gasteiger partial charge in [0.1, 0.15) is 10.9 Å². The number of nitrogens with one attached hydrogen (secondary N) is 1. The van der Waals surface area contributed by atoms with Gasteiger partial charge >= 0.3 is 5.97 Å². The summed E-state index contributed by atoms with van der Waals surface area (Å²) in [5.74, 6) is -1.37. The summed E-state index contributed by atoms with van der Waals surface area (Å²) in [5.41, 5.74) is 0.703. The fourth-order valence-corrected chi connectivity index (χ4v) is 2.17. The fourth-order valence-electron chi connectivity index (χ4n) is 1.51. The molecule has 0 fully saturated rings. The average Bonchev–Trinajstić information content (AvgIpc) is 2.33. The second-order valence-electron chi connectivity index (χ2n) is 3.79. The van der Waals surface area contributed by atoms with Gasteiger partial charge in [-0.15, -0.1) is 11.8 Å². The summed E-state index contributed by atoms with van der Waals surface area (Å²) in [6.45, 7) is 2.68. The van der Waals surface area contributed by atoms with E-state index in [-0.39, 0.29) is 5.56 Å². The third-order valence-corrected chi connectivity index (χ3v) is 3.06. The lowest BCUT2D eigenvalue weighted by Gasteiger charge is -2.14. The minimum atomic E-state index is -1.34. The van der Waals surface area contributed by atoms with Crippen molar-refractivity contribution in [2.24, 2.45) is 0 Å². The van der Waals surface area contributed by atoms with Gasteiger partial charge in [0, 0.05) is 0 Å². The molecule has 1 amide bonds. The van der Waals surface area contributed by atoms with E-state index in [1.165, 1.54) is 11.8 Å². The molecule has 0 bridgehead atoms. The van der Waals surface area contributed by atoms with Crippen LogP contribution < -0.4 is 5.32 Å². The quantitative estimate of drug-likeness (QED) is 0.515. The average molecular weight is 285 g/mol. The Morgan fingerprint density at radius 1 is 1.37 bits per heavy atom. The predicted molar refractivity (Wildman–Crippen MR) is 69.3 cm³/mol. The van der Waals surface area contributed by atoms with Crippen LogP contribution in [0.5, 0.6) is 0 Å². The zero-order valence-electron chi connectivity index (χ0n) is 10.8. The van der Waals surface area contributed by atoms with E-state index in [2.05, 4.69) is 15.3 Å². The van der Waals surface area contributed by atoms with Crippen molar-refractivity contribution in [3.63, 3.8) is 0 Å². The number of aryl methyl sites for hydroxylation is 2. The van der Waals surface area contributed by atoms with Crippen molar-refractivity contribution in [1.29, 1.82) is 0 Å². The van der Waals surface area contributed by atoms with Crippen LogP contribution in [0.4, 0.5) is 0 Å². The molecule has 0 aliphatic carbocycles. The maximum Gasteiger partial charge on any atom is 0.328 e. The number of hydrogen-bond acceptors (Lipinski definition) is 6. The van der Waals surface area contributed by atoms with Crippen molar-refractivity contribution in [2.45, 2.75) is 24.9 Å². The van der Waals surface area contributed by atoms with Crippen LogP contribution in [0.25, 0.3) is 0 Å². The molecule has 0 aliphatic rings. The molecule has 7 nitrogen and oxygen atoms in total. The number of thioether (sulfide) groups is 1. The molecule has 0 saturated heterocycles. The summed E-state index contributed by atoms with van der Waals surface area (Å²) < 4.78 is 0. The van der Waals surface area contributed by atoms with Crippen molar-refractivity contribution in [3.05, 3.63) is 17.1 Å². The monoisotopic (exact) mass is 285 g/mol. The highest BCUT2D eigenvalue weighted by molar-refractivity contribution is 7.98. The Bertz CT molecular complexity index is 507. The molecule has 0 spiro atoms. The van der Waals surface area contributed by atoms with Crippen molar-refractivity contribution in [3.8, 4) is 0 Å². The Balaban J connectivity index is 3.09. The Morgan fingerprint density at radius 2 is 2.00 bits per heavy atom. The molecule has 8 heteroatoms. The Hall–Kier alpha value is -1.67. The van der Waals surface area contributed by atoms with Crippen LogP contribution in [0, 0.1) is 13.8 Å². The Labute approximate surface area is 114 Å². The van der Waals surface area contributed by atoms with E-state index in [9.17, 15) is 9.59 Å². The minimum absolute atomic E-state index is 0.234. The first kappa shape index (κ1) is 15.4. The van der Waals surface area contributed by atoms with Gasteiger partial charge in [-0.1, -0.05) is 0 Å². The van der Waals surface area contributed by atoms with Crippen molar-refractivity contribution >= 4 is 23.6 Å². The number of hydrogen-bond donors (Lipinski definition) is 3. The van der Waals surface area contributed by atoms with Crippen LogP contribution in [0.3, 0.4) is 0 Å². The maximum absolute atomic E-state index is 12.1. The lowest BCUT2D eigenvalue weighted by atomic mass is 10.2. The standard InChI is InChI=1S/C11H15N3O4S/c1-5-8(10(19-3)13-6(2)12-5)9(16)14-7(4-15)11(17)18/h7,15H,4H2,1-3H3,(H,14,16)(H,17,18). The molecule has 1 atom stereocenters. The van der Waals surface area contributed by atoms with Crippen LogP contribution in [-0.2, 0) is 4.79 Å². The molecule has 3 N–H and O–H groups in total. The lowest BCUT2D eigenvalue weighted by Crippen LogP contribution is -2.43. The van der Waals surface area contributed by atoms with Gasteiger partial charge in [0.25, 0.3) is 5.91 Å². The zero-order chi connectivity index (χ0) is 14.6. The molecule has 1 heterocycles. The normalized spacial score (nSPS) is 12.0. The topological polar surface area (TPSA) is 112 Å². The first-order chi connectivity index (χ1) is 8.90. The second-order valence-corrected chi connectivity index (χ2v) is 4.58. The van der Waals surface area contributed by atoms with Crippen LogP contribution in [-0.4, -0.2) is 51.0 Å². The van der Waals surface area contributed by atoms with E-state index in [0.717, 1.165) is 0 Å². The number of carbonyl (C=O) groups excluding carboxylic acids is 1.